The van der Waals surface area contributed by atoms with Crippen LogP contribution in [0.3, 0.4) is 0 Å². The third-order valence-corrected chi connectivity index (χ3v) is 3.90. The van der Waals surface area contributed by atoms with Crippen molar-refractivity contribution in [3.05, 3.63) is 61.8 Å². The monoisotopic (exact) mass is 349 g/mol. The van der Waals surface area contributed by atoms with E-state index >= 15 is 0 Å². The lowest BCUT2D eigenvalue weighted by atomic mass is 10.0. The van der Waals surface area contributed by atoms with Crippen LogP contribution in [0.25, 0.3) is 0 Å². The summed E-state index contributed by atoms with van der Waals surface area (Å²) in [6.45, 7) is 0. The Morgan fingerprint density at radius 2 is 1.75 bits per heavy atom. The zero-order chi connectivity index (χ0) is 14.7. The molecule has 3 nitrogen and oxygen atoms in total. The molecule has 2 rings (SSSR count). The fraction of sp³-hybridized carbons (Fsp3) is 0.154. The van der Waals surface area contributed by atoms with Crippen LogP contribution in [0, 0.1) is 0 Å². The van der Waals surface area contributed by atoms with Crippen molar-refractivity contribution in [1.29, 1.82) is 0 Å². The Morgan fingerprint density at radius 1 is 1.05 bits per heavy atom. The van der Waals surface area contributed by atoms with Gasteiger partial charge < -0.3 is 0 Å². The van der Waals surface area contributed by atoms with E-state index in [2.05, 4.69) is 10.4 Å². The summed E-state index contributed by atoms with van der Waals surface area (Å²) in [5, 5.41) is 2.08. The smallest absolute Gasteiger partial charge is 0.0777 e. The van der Waals surface area contributed by atoms with E-state index in [0.29, 0.717) is 32.2 Å². The molecule has 7 heteroatoms. The Labute approximate surface area is 137 Å². The predicted molar refractivity (Wildman–Crippen MR) is 84.5 cm³/mol. The van der Waals surface area contributed by atoms with E-state index in [1.165, 1.54) is 6.20 Å². The SMILES string of the molecule is NNC(Cc1ccc(Cl)cc1Cl)c1ncc(Cl)cc1Cl. The second-order valence-electron chi connectivity index (χ2n) is 4.18. The molecule has 1 aromatic heterocycles. The number of nitrogens with one attached hydrogen (secondary N) is 1. The molecule has 20 heavy (non-hydrogen) atoms. The Bertz CT molecular complexity index is 619. The maximum atomic E-state index is 6.16. The minimum absolute atomic E-state index is 0.279. The minimum Gasteiger partial charge on any atom is -0.271 e. The molecular formula is C13H11Cl4N3. The maximum Gasteiger partial charge on any atom is 0.0777 e. The lowest BCUT2D eigenvalue weighted by Crippen LogP contribution is -2.30. The molecule has 0 aliphatic heterocycles. The first kappa shape index (κ1) is 15.8. The first-order valence-electron chi connectivity index (χ1n) is 5.72. The highest BCUT2D eigenvalue weighted by molar-refractivity contribution is 6.35. The van der Waals surface area contributed by atoms with Crippen LogP contribution < -0.4 is 11.3 Å². The molecule has 1 heterocycles. The lowest BCUT2D eigenvalue weighted by Gasteiger charge is -2.17. The summed E-state index contributed by atoms with van der Waals surface area (Å²) < 4.78 is 0. The lowest BCUT2D eigenvalue weighted by molar-refractivity contribution is 0.538. The number of pyridine rings is 1. The van der Waals surface area contributed by atoms with Gasteiger partial charge in [-0.2, -0.15) is 0 Å². The zero-order valence-electron chi connectivity index (χ0n) is 10.2. The number of hydrogen-bond acceptors (Lipinski definition) is 3. The number of halogens is 4. The van der Waals surface area contributed by atoms with Crippen molar-refractivity contribution in [2.45, 2.75) is 12.5 Å². The molecule has 0 fully saturated rings. The number of hydrogen-bond donors (Lipinski definition) is 2. The van der Waals surface area contributed by atoms with Gasteiger partial charge in [0.05, 0.1) is 21.8 Å². The summed E-state index contributed by atoms with van der Waals surface area (Å²) >= 11 is 24.0. The minimum atomic E-state index is -0.279. The van der Waals surface area contributed by atoms with Gasteiger partial charge in [-0.15, -0.1) is 0 Å². The average molecular weight is 351 g/mol. The summed E-state index contributed by atoms with van der Waals surface area (Å²) in [5.74, 6) is 5.59. The number of hydrazine groups is 1. The summed E-state index contributed by atoms with van der Waals surface area (Å²) in [6.07, 6.45) is 2.05. The molecule has 2 aromatic rings. The molecule has 1 aromatic carbocycles. The molecule has 0 radical (unpaired) electrons. The maximum absolute atomic E-state index is 6.16. The van der Waals surface area contributed by atoms with Gasteiger partial charge in [-0.1, -0.05) is 52.5 Å². The molecule has 0 spiro atoms. The number of rotatable bonds is 4. The van der Waals surface area contributed by atoms with Gasteiger partial charge in [0, 0.05) is 16.2 Å². The molecule has 0 amide bonds. The quantitative estimate of drug-likeness (QED) is 0.633. The second-order valence-corrected chi connectivity index (χ2v) is 5.87. The van der Waals surface area contributed by atoms with Gasteiger partial charge >= 0.3 is 0 Å². The Balaban J connectivity index is 2.28. The number of nitrogens with zero attached hydrogens (tertiary/aromatic N) is 1. The first-order valence-corrected chi connectivity index (χ1v) is 7.23. The van der Waals surface area contributed by atoms with Crippen LogP contribution in [0.4, 0.5) is 0 Å². The number of aromatic nitrogens is 1. The van der Waals surface area contributed by atoms with E-state index in [4.69, 9.17) is 52.2 Å². The molecule has 1 atom stereocenters. The highest BCUT2D eigenvalue weighted by Gasteiger charge is 2.17. The van der Waals surface area contributed by atoms with E-state index in [0.717, 1.165) is 5.56 Å². The molecule has 0 saturated carbocycles. The molecule has 1 unspecified atom stereocenters. The third-order valence-electron chi connectivity index (χ3n) is 2.81. The molecule has 0 aliphatic carbocycles. The van der Waals surface area contributed by atoms with Gasteiger partial charge in [0.1, 0.15) is 0 Å². The number of benzene rings is 1. The topological polar surface area (TPSA) is 50.9 Å². The third kappa shape index (κ3) is 3.76. The zero-order valence-corrected chi connectivity index (χ0v) is 13.2. The van der Waals surface area contributed by atoms with Gasteiger partial charge in [-0.3, -0.25) is 16.3 Å². The molecule has 106 valence electrons. The van der Waals surface area contributed by atoms with E-state index in [1.807, 2.05) is 6.07 Å². The highest BCUT2D eigenvalue weighted by atomic mass is 35.5. The molecule has 0 bridgehead atoms. The Morgan fingerprint density at radius 3 is 2.35 bits per heavy atom. The van der Waals surface area contributed by atoms with Gasteiger partial charge in [0.25, 0.3) is 0 Å². The van der Waals surface area contributed by atoms with Crippen molar-refractivity contribution < 1.29 is 0 Å². The van der Waals surface area contributed by atoms with Gasteiger partial charge in [0.15, 0.2) is 0 Å². The van der Waals surface area contributed by atoms with Gasteiger partial charge in [-0.05, 0) is 30.2 Å². The Hall–Kier alpha value is -0.550. The Kier molecular flexibility index (Phi) is 5.49. The molecule has 0 saturated heterocycles. The van der Waals surface area contributed by atoms with Crippen molar-refractivity contribution in [3.8, 4) is 0 Å². The first-order chi connectivity index (χ1) is 9.51. The molecule has 3 N–H and O–H groups in total. The van der Waals surface area contributed by atoms with E-state index in [1.54, 1.807) is 18.2 Å². The van der Waals surface area contributed by atoms with E-state index < -0.39 is 0 Å². The summed E-state index contributed by atoms with van der Waals surface area (Å²) in [6, 6.07) is 6.65. The fourth-order valence-corrected chi connectivity index (χ4v) is 2.82. The van der Waals surface area contributed by atoms with Crippen molar-refractivity contribution >= 4 is 46.4 Å². The highest BCUT2D eigenvalue weighted by Crippen LogP contribution is 2.29. The van der Waals surface area contributed by atoms with Crippen LogP contribution >= 0.6 is 46.4 Å². The van der Waals surface area contributed by atoms with Crippen LogP contribution in [0.2, 0.25) is 20.1 Å². The van der Waals surface area contributed by atoms with Crippen molar-refractivity contribution in [3.63, 3.8) is 0 Å². The molecule has 0 aliphatic rings. The van der Waals surface area contributed by atoms with Gasteiger partial charge in [0.2, 0.25) is 0 Å². The molecular weight excluding hydrogens is 340 g/mol. The van der Waals surface area contributed by atoms with E-state index in [9.17, 15) is 0 Å². The number of nitrogens with two attached hydrogens (primary N) is 1. The average Bonchev–Trinajstić information content (AvgIpc) is 2.39. The summed E-state index contributed by atoms with van der Waals surface area (Å²) in [4.78, 5) is 4.22. The standard InChI is InChI=1S/C13H11Cl4N3/c14-8-2-1-7(10(16)4-8)3-12(20-18)13-11(17)5-9(15)6-19-13/h1-2,4-6,12,20H,3,18H2. The normalized spacial score (nSPS) is 12.4. The van der Waals surface area contributed by atoms with Crippen molar-refractivity contribution in [1.82, 2.24) is 10.4 Å². The largest absolute Gasteiger partial charge is 0.271 e. The van der Waals surface area contributed by atoms with Crippen LogP contribution in [-0.2, 0) is 6.42 Å². The van der Waals surface area contributed by atoms with E-state index in [-0.39, 0.29) is 6.04 Å². The predicted octanol–water partition coefficient (Wildman–Crippen LogP) is 4.44. The van der Waals surface area contributed by atoms with Crippen molar-refractivity contribution in [2.24, 2.45) is 5.84 Å². The second kappa shape index (κ2) is 6.94. The van der Waals surface area contributed by atoms with Crippen molar-refractivity contribution in [2.75, 3.05) is 0 Å². The summed E-state index contributed by atoms with van der Waals surface area (Å²) in [5.41, 5.74) is 4.20. The van der Waals surface area contributed by atoms with Gasteiger partial charge in [-0.25, -0.2) is 0 Å². The fourth-order valence-electron chi connectivity index (χ4n) is 1.82. The van der Waals surface area contributed by atoms with Crippen LogP contribution in [0.5, 0.6) is 0 Å². The van der Waals surface area contributed by atoms with Crippen LogP contribution in [0.15, 0.2) is 30.5 Å². The van der Waals surface area contributed by atoms with Crippen LogP contribution in [-0.4, -0.2) is 4.98 Å². The summed E-state index contributed by atoms with van der Waals surface area (Å²) in [7, 11) is 0. The van der Waals surface area contributed by atoms with Crippen LogP contribution in [0.1, 0.15) is 17.3 Å².